The van der Waals surface area contributed by atoms with Crippen LogP contribution in [0.15, 0.2) is 11.8 Å². The first-order valence-corrected chi connectivity index (χ1v) is 4.31. The molecular weight excluding hydrogens is 154 g/mol. The topological polar surface area (TPSA) is 40.5 Å². The van der Waals surface area contributed by atoms with Crippen molar-refractivity contribution in [2.45, 2.75) is 32.4 Å². The fourth-order valence-electron chi connectivity index (χ4n) is 2.17. The van der Waals surface area contributed by atoms with E-state index < -0.39 is 6.10 Å². The van der Waals surface area contributed by atoms with E-state index in [1.807, 2.05) is 6.92 Å². The van der Waals surface area contributed by atoms with Crippen LogP contribution >= 0.6 is 0 Å². The van der Waals surface area contributed by atoms with E-state index in [-0.39, 0.29) is 17.9 Å². The number of hydrogen-bond acceptors (Lipinski definition) is 2. The Morgan fingerprint density at radius 3 is 3.00 bits per heavy atom. The van der Waals surface area contributed by atoms with Gasteiger partial charge >= 0.3 is 0 Å². The van der Waals surface area contributed by atoms with Gasteiger partial charge in [0.2, 0.25) is 5.91 Å². The summed E-state index contributed by atoms with van der Waals surface area (Å²) in [6.45, 7) is 3.63. The molecule has 1 saturated heterocycles. The molecule has 2 rings (SSSR count). The van der Waals surface area contributed by atoms with Gasteiger partial charge in [-0.25, -0.2) is 0 Å². The summed E-state index contributed by atoms with van der Waals surface area (Å²) in [7, 11) is 0. The van der Waals surface area contributed by atoms with Gasteiger partial charge in [0.15, 0.2) is 0 Å². The van der Waals surface area contributed by atoms with Crippen LogP contribution in [0.3, 0.4) is 0 Å². The Labute approximate surface area is 71.7 Å². The van der Waals surface area contributed by atoms with Crippen molar-refractivity contribution >= 4 is 5.91 Å². The van der Waals surface area contributed by atoms with Crippen LogP contribution in [0.25, 0.3) is 0 Å². The Morgan fingerprint density at radius 2 is 2.42 bits per heavy atom. The normalized spacial score (nSPS) is 35.8. The van der Waals surface area contributed by atoms with Crippen LogP contribution in [0.2, 0.25) is 0 Å². The number of β-lactam (4-membered cyclic amide) rings is 1. The summed E-state index contributed by atoms with van der Waals surface area (Å²) in [5.41, 5.74) is 1.04. The van der Waals surface area contributed by atoms with E-state index in [0.717, 1.165) is 12.1 Å². The molecule has 0 radical (unpaired) electrons. The summed E-state index contributed by atoms with van der Waals surface area (Å²) >= 11 is 0. The van der Waals surface area contributed by atoms with Crippen molar-refractivity contribution in [1.29, 1.82) is 0 Å². The van der Waals surface area contributed by atoms with Crippen LogP contribution in [0.4, 0.5) is 0 Å². The van der Waals surface area contributed by atoms with Crippen molar-refractivity contribution in [2.24, 2.45) is 5.92 Å². The summed E-state index contributed by atoms with van der Waals surface area (Å²) in [5.74, 6) is -0.0695. The highest BCUT2D eigenvalue weighted by molar-refractivity contribution is 5.89. The van der Waals surface area contributed by atoms with E-state index in [1.54, 1.807) is 11.8 Å². The molecule has 0 bridgehead atoms. The average molecular weight is 167 g/mol. The van der Waals surface area contributed by atoms with E-state index in [4.69, 9.17) is 0 Å². The fourth-order valence-corrected chi connectivity index (χ4v) is 2.17. The third kappa shape index (κ3) is 0.771. The second-order valence-corrected chi connectivity index (χ2v) is 3.62. The van der Waals surface area contributed by atoms with Crippen molar-refractivity contribution in [3.05, 3.63) is 11.8 Å². The second-order valence-electron chi connectivity index (χ2n) is 3.62. The van der Waals surface area contributed by atoms with Gasteiger partial charge in [-0.1, -0.05) is 6.08 Å². The maximum atomic E-state index is 11.4. The van der Waals surface area contributed by atoms with Gasteiger partial charge in [0.25, 0.3) is 0 Å². The van der Waals surface area contributed by atoms with Gasteiger partial charge in [-0.2, -0.15) is 0 Å². The Balaban J connectivity index is 2.15. The van der Waals surface area contributed by atoms with E-state index in [2.05, 4.69) is 6.08 Å². The molecule has 1 fully saturated rings. The fraction of sp³-hybridized carbons (Fsp3) is 0.667. The van der Waals surface area contributed by atoms with Crippen molar-refractivity contribution < 1.29 is 9.90 Å². The number of amides is 1. The summed E-state index contributed by atoms with van der Waals surface area (Å²) in [6.07, 6.45) is 2.47. The average Bonchev–Trinajstić information content (AvgIpc) is 2.25. The first kappa shape index (κ1) is 7.80. The number of carbonyl (C=O) groups is 1. The lowest BCUT2D eigenvalue weighted by molar-refractivity contribution is -0.157. The highest BCUT2D eigenvalue weighted by Gasteiger charge is 2.51. The highest BCUT2D eigenvalue weighted by atomic mass is 16.3. The van der Waals surface area contributed by atoms with Gasteiger partial charge in [-0.3, -0.25) is 4.79 Å². The van der Waals surface area contributed by atoms with Gasteiger partial charge in [-0.15, -0.1) is 0 Å². The SMILES string of the molecule is CC1=CCC2C(C(C)O)C(=O)N12. The molecule has 2 aliphatic rings. The minimum Gasteiger partial charge on any atom is -0.393 e. The molecule has 66 valence electrons. The molecule has 12 heavy (non-hydrogen) atoms. The molecule has 1 N–H and O–H groups in total. The molecule has 3 heteroatoms. The number of carbonyl (C=O) groups excluding carboxylic acids is 1. The van der Waals surface area contributed by atoms with Gasteiger partial charge in [0.05, 0.1) is 18.1 Å². The summed E-state index contributed by atoms with van der Waals surface area (Å²) in [6, 6.07) is 0.248. The lowest BCUT2D eigenvalue weighted by atomic mass is 9.83. The van der Waals surface area contributed by atoms with E-state index in [1.165, 1.54) is 0 Å². The first-order chi connectivity index (χ1) is 5.63. The lowest BCUT2D eigenvalue weighted by Gasteiger charge is -2.45. The third-order valence-corrected chi connectivity index (χ3v) is 2.82. The maximum absolute atomic E-state index is 11.4. The van der Waals surface area contributed by atoms with Crippen molar-refractivity contribution in [3.8, 4) is 0 Å². The maximum Gasteiger partial charge on any atom is 0.234 e. The van der Waals surface area contributed by atoms with E-state index in [9.17, 15) is 9.90 Å². The number of allylic oxidation sites excluding steroid dienone is 1. The lowest BCUT2D eigenvalue weighted by Crippen LogP contribution is -2.60. The number of aliphatic hydroxyl groups is 1. The smallest absolute Gasteiger partial charge is 0.234 e. The molecule has 2 aliphatic heterocycles. The zero-order chi connectivity index (χ0) is 8.88. The molecule has 0 saturated carbocycles. The minimum atomic E-state index is -0.502. The third-order valence-electron chi connectivity index (χ3n) is 2.82. The van der Waals surface area contributed by atoms with Crippen LogP contribution in [-0.2, 0) is 4.79 Å². The van der Waals surface area contributed by atoms with Crippen LogP contribution in [0.1, 0.15) is 20.3 Å². The van der Waals surface area contributed by atoms with Gasteiger partial charge in [-0.05, 0) is 20.3 Å². The quantitative estimate of drug-likeness (QED) is 0.578. The molecule has 0 aliphatic carbocycles. The predicted octanol–water partition coefficient (Wildman–Crippen LogP) is 0.502. The van der Waals surface area contributed by atoms with Crippen molar-refractivity contribution in [2.75, 3.05) is 0 Å². The largest absolute Gasteiger partial charge is 0.393 e. The first-order valence-electron chi connectivity index (χ1n) is 4.31. The Kier molecular flexibility index (Phi) is 1.51. The molecule has 0 aromatic carbocycles. The summed E-state index contributed by atoms with van der Waals surface area (Å²) in [5, 5.41) is 9.31. The van der Waals surface area contributed by atoms with Crippen LogP contribution < -0.4 is 0 Å². The standard InChI is InChI=1S/C9H13NO2/c1-5-3-4-7-8(6(2)11)9(12)10(5)7/h3,6-8,11H,4H2,1-2H3. The number of aliphatic hydroxyl groups excluding tert-OH is 1. The number of hydrogen-bond donors (Lipinski definition) is 1. The summed E-state index contributed by atoms with van der Waals surface area (Å²) < 4.78 is 0. The number of rotatable bonds is 1. The zero-order valence-electron chi connectivity index (χ0n) is 7.32. The zero-order valence-corrected chi connectivity index (χ0v) is 7.32. The van der Waals surface area contributed by atoms with Crippen molar-refractivity contribution in [1.82, 2.24) is 4.90 Å². The molecule has 3 unspecified atom stereocenters. The van der Waals surface area contributed by atoms with Crippen LogP contribution in [-0.4, -0.2) is 28.1 Å². The molecular formula is C9H13NO2. The Morgan fingerprint density at radius 1 is 1.75 bits per heavy atom. The molecule has 2 heterocycles. The number of fused-ring (bicyclic) bond motifs is 1. The van der Waals surface area contributed by atoms with Crippen LogP contribution in [0, 0.1) is 5.92 Å². The van der Waals surface area contributed by atoms with Gasteiger partial charge in [0, 0.05) is 5.70 Å². The molecule has 1 amide bonds. The summed E-state index contributed by atoms with van der Waals surface area (Å²) in [4.78, 5) is 13.2. The molecule has 3 atom stereocenters. The Hall–Kier alpha value is -0.830. The van der Waals surface area contributed by atoms with E-state index in [0.29, 0.717) is 0 Å². The molecule has 0 spiro atoms. The highest BCUT2D eigenvalue weighted by Crippen LogP contribution is 2.39. The molecule has 0 aromatic rings. The second kappa shape index (κ2) is 2.33. The molecule has 3 nitrogen and oxygen atoms in total. The molecule has 0 aromatic heterocycles. The van der Waals surface area contributed by atoms with Crippen LogP contribution in [0.5, 0.6) is 0 Å². The van der Waals surface area contributed by atoms with Crippen molar-refractivity contribution in [3.63, 3.8) is 0 Å². The van der Waals surface area contributed by atoms with E-state index >= 15 is 0 Å². The Bertz CT molecular complexity index is 257. The minimum absolute atomic E-state index is 0.0845. The monoisotopic (exact) mass is 167 g/mol. The van der Waals surface area contributed by atoms with Gasteiger partial charge < -0.3 is 10.0 Å². The predicted molar refractivity (Wildman–Crippen MR) is 44.2 cm³/mol. The number of nitrogens with zero attached hydrogens (tertiary/aromatic N) is 1. The van der Waals surface area contributed by atoms with Gasteiger partial charge in [0.1, 0.15) is 0 Å².